The Balaban J connectivity index is 1.85. The number of nitrogens with one attached hydrogen (secondary N) is 1. The largest absolute Gasteiger partial charge is 0.491 e. The van der Waals surface area contributed by atoms with Crippen LogP contribution in [0.5, 0.6) is 5.75 Å². The number of ether oxygens (including phenoxy) is 2. The fourth-order valence-corrected chi connectivity index (χ4v) is 5.86. The second-order valence-corrected chi connectivity index (χ2v) is 10.3. The van der Waals surface area contributed by atoms with Gasteiger partial charge in [-0.3, -0.25) is 0 Å². The van der Waals surface area contributed by atoms with Gasteiger partial charge >= 0.3 is 5.97 Å². The maximum absolute atomic E-state index is 12.1. The minimum Gasteiger partial charge on any atom is -0.491 e. The summed E-state index contributed by atoms with van der Waals surface area (Å²) in [5, 5.41) is 24.2. The summed E-state index contributed by atoms with van der Waals surface area (Å²) >= 11 is 1.45. The fourth-order valence-electron chi connectivity index (χ4n) is 4.52. The molecule has 0 saturated carbocycles. The zero-order valence-electron chi connectivity index (χ0n) is 18.2. The second-order valence-electron chi connectivity index (χ2n) is 9.28. The number of hydrogen-bond donors (Lipinski definition) is 3. The molecule has 0 spiro atoms. The maximum Gasteiger partial charge on any atom is 0.338 e. The van der Waals surface area contributed by atoms with Gasteiger partial charge < -0.3 is 25.0 Å². The van der Waals surface area contributed by atoms with Crippen LogP contribution in [0.15, 0.2) is 24.3 Å². The molecule has 3 rings (SSSR count). The molecule has 6 nitrogen and oxygen atoms in total. The number of carbonyl (C=O) groups is 1. The van der Waals surface area contributed by atoms with Crippen molar-refractivity contribution in [1.29, 1.82) is 0 Å². The Labute approximate surface area is 181 Å². The molecule has 1 aromatic carbocycles. The van der Waals surface area contributed by atoms with Gasteiger partial charge in [-0.2, -0.15) is 0 Å². The third-order valence-corrected chi connectivity index (χ3v) is 6.96. The number of anilines is 1. The van der Waals surface area contributed by atoms with Gasteiger partial charge in [-0.25, -0.2) is 4.79 Å². The van der Waals surface area contributed by atoms with Crippen LogP contribution < -0.4 is 10.1 Å². The molecule has 1 aromatic heterocycles. The van der Waals surface area contributed by atoms with Crippen molar-refractivity contribution in [1.82, 2.24) is 0 Å². The van der Waals surface area contributed by atoms with E-state index in [0.717, 1.165) is 23.3 Å². The molecule has 0 saturated heterocycles. The highest BCUT2D eigenvalue weighted by atomic mass is 32.1. The summed E-state index contributed by atoms with van der Waals surface area (Å²) in [4.78, 5) is 13.2. The van der Waals surface area contributed by atoms with E-state index < -0.39 is 12.2 Å². The van der Waals surface area contributed by atoms with E-state index in [2.05, 4.69) is 33.0 Å². The molecule has 3 N–H and O–H groups in total. The molecule has 0 fully saturated rings. The molecule has 2 aromatic rings. The van der Waals surface area contributed by atoms with Gasteiger partial charge in [0.05, 0.1) is 12.2 Å². The number of hydrogen-bond acceptors (Lipinski definition) is 6. The van der Waals surface area contributed by atoms with Gasteiger partial charge in [-0.05, 0) is 41.4 Å². The lowest BCUT2D eigenvalue weighted by Crippen LogP contribution is -2.34. The Morgan fingerprint density at radius 2 is 1.87 bits per heavy atom. The molecule has 1 atom stereocenters. The summed E-state index contributed by atoms with van der Waals surface area (Å²) in [6, 6.07) is 7.08. The molecule has 0 aliphatic heterocycles. The van der Waals surface area contributed by atoms with Crippen LogP contribution in [0.4, 0.5) is 5.00 Å². The van der Waals surface area contributed by atoms with Crippen molar-refractivity contribution in [2.75, 3.05) is 25.6 Å². The monoisotopic (exact) mass is 433 g/mol. The number of rotatable bonds is 8. The number of aliphatic hydroxyl groups is 1. The second kappa shape index (κ2) is 8.57. The average molecular weight is 434 g/mol. The van der Waals surface area contributed by atoms with Gasteiger partial charge in [0.1, 0.15) is 17.4 Å². The normalized spacial score (nSPS) is 17.8. The predicted molar refractivity (Wildman–Crippen MR) is 119 cm³/mol. The molecular weight excluding hydrogens is 402 g/mol. The lowest BCUT2D eigenvalue weighted by molar-refractivity contribution is 0.0695. The summed E-state index contributed by atoms with van der Waals surface area (Å²) in [5.74, 6) is -0.276. The Kier molecular flexibility index (Phi) is 6.45. The molecular formula is C23H31NO5S. The van der Waals surface area contributed by atoms with Crippen molar-refractivity contribution in [3.63, 3.8) is 0 Å². The third kappa shape index (κ3) is 4.79. The summed E-state index contributed by atoms with van der Waals surface area (Å²) in [6.45, 7) is 9.64. The summed E-state index contributed by atoms with van der Waals surface area (Å²) in [7, 11) is 1.62. The molecule has 1 heterocycles. The van der Waals surface area contributed by atoms with Crippen molar-refractivity contribution >= 4 is 22.3 Å². The van der Waals surface area contributed by atoms with E-state index in [4.69, 9.17) is 9.47 Å². The van der Waals surface area contributed by atoms with E-state index in [1.165, 1.54) is 11.3 Å². The van der Waals surface area contributed by atoms with Crippen molar-refractivity contribution in [2.24, 2.45) is 5.41 Å². The number of thiophene rings is 1. The van der Waals surface area contributed by atoms with Gasteiger partial charge in [-0.1, -0.05) is 39.8 Å². The quantitative estimate of drug-likeness (QED) is 0.408. The SMILES string of the molecule is COCCOc1ccc(C(O)Nc2sc3c(c2C(=O)O)CC(C)(C)CC3(C)C)cc1. The first-order chi connectivity index (χ1) is 14.0. The Bertz CT molecular complexity index is 901. The molecule has 164 valence electrons. The van der Waals surface area contributed by atoms with E-state index in [-0.39, 0.29) is 16.4 Å². The maximum atomic E-state index is 12.1. The van der Waals surface area contributed by atoms with Gasteiger partial charge in [-0.15, -0.1) is 11.3 Å². The van der Waals surface area contributed by atoms with Crippen LogP contribution in [0.1, 0.15) is 66.7 Å². The highest BCUT2D eigenvalue weighted by Gasteiger charge is 2.42. The number of benzene rings is 1. The van der Waals surface area contributed by atoms with Crippen molar-refractivity contribution in [3.05, 3.63) is 45.8 Å². The molecule has 1 aliphatic rings. The van der Waals surface area contributed by atoms with Crippen LogP contribution in [0.25, 0.3) is 0 Å². The zero-order valence-corrected chi connectivity index (χ0v) is 19.1. The molecule has 0 bridgehead atoms. The van der Waals surface area contributed by atoms with E-state index in [0.29, 0.717) is 29.5 Å². The number of methoxy groups -OCH3 is 1. The first-order valence-corrected chi connectivity index (χ1v) is 10.9. The summed E-state index contributed by atoms with van der Waals surface area (Å²) in [6.07, 6.45) is 0.682. The molecule has 7 heteroatoms. The summed E-state index contributed by atoms with van der Waals surface area (Å²) in [5.41, 5.74) is 1.73. The zero-order chi connectivity index (χ0) is 22.1. The van der Waals surface area contributed by atoms with Crippen LogP contribution in [0, 0.1) is 5.41 Å². The van der Waals surface area contributed by atoms with Crippen LogP contribution in [0.3, 0.4) is 0 Å². The third-order valence-electron chi connectivity index (χ3n) is 5.43. The first-order valence-electron chi connectivity index (χ1n) is 10.1. The van der Waals surface area contributed by atoms with Gasteiger partial charge in [0.25, 0.3) is 0 Å². The lowest BCUT2D eigenvalue weighted by Gasteiger charge is -2.40. The standard InChI is InChI=1S/C23H31NO5S/c1-22(2)12-16-17(21(26)27)20(30-18(16)23(3,4)13-22)24-19(25)14-6-8-15(9-7-14)29-11-10-28-5/h6-9,19,24-25H,10-13H2,1-5H3,(H,26,27). The number of fused-ring (bicyclic) bond motifs is 1. The van der Waals surface area contributed by atoms with Crippen molar-refractivity contribution in [3.8, 4) is 5.75 Å². The number of aliphatic hydroxyl groups excluding tert-OH is 1. The van der Waals surface area contributed by atoms with E-state index in [1.807, 2.05) is 0 Å². The van der Waals surface area contributed by atoms with Gasteiger partial charge in [0.2, 0.25) is 0 Å². The molecule has 1 unspecified atom stereocenters. The van der Waals surface area contributed by atoms with Crippen LogP contribution in [-0.2, 0) is 16.6 Å². The highest BCUT2D eigenvalue weighted by Crippen LogP contribution is 2.52. The van der Waals surface area contributed by atoms with Crippen molar-refractivity contribution < 1.29 is 24.5 Å². The molecule has 0 amide bonds. The average Bonchev–Trinajstić information content (AvgIpc) is 2.99. The van der Waals surface area contributed by atoms with Gasteiger partial charge in [0, 0.05) is 17.6 Å². The van der Waals surface area contributed by atoms with Crippen LogP contribution in [0.2, 0.25) is 0 Å². The highest BCUT2D eigenvalue weighted by molar-refractivity contribution is 7.17. The Morgan fingerprint density at radius 3 is 2.47 bits per heavy atom. The minimum atomic E-state index is -1.02. The van der Waals surface area contributed by atoms with E-state index in [1.54, 1.807) is 31.4 Å². The topological polar surface area (TPSA) is 88.0 Å². The molecule has 0 radical (unpaired) electrons. The van der Waals surface area contributed by atoms with E-state index in [9.17, 15) is 15.0 Å². The number of carboxylic acid groups (broad SMARTS) is 1. The van der Waals surface area contributed by atoms with Crippen LogP contribution >= 0.6 is 11.3 Å². The molecule has 30 heavy (non-hydrogen) atoms. The predicted octanol–water partition coefficient (Wildman–Crippen LogP) is 4.82. The smallest absolute Gasteiger partial charge is 0.338 e. The lowest BCUT2D eigenvalue weighted by atomic mass is 9.65. The number of carboxylic acids is 1. The minimum absolute atomic E-state index is 0.0241. The van der Waals surface area contributed by atoms with Gasteiger partial charge in [0.15, 0.2) is 6.23 Å². The fraction of sp³-hybridized carbons (Fsp3) is 0.522. The summed E-state index contributed by atoms with van der Waals surface area (Å²) < 4.78 is 10.5. The van der Waals surface area contributed by atoms with Crippen LogP contribution in [-0.4, -0.2) is 36.5 Å². The first kappa shape index (κ1) is 22.6. The Morgan fingerprint density at radius 1 is 1.20 bits per heavy atom. The van der Waals surface area contributed by atoms with Crippen molar-refractivity contribution in [2.45, 2.75) is 52.2 Å². The number of aromatic carboxylic acids is 1. The molecule has 1 aliphatic carbocycles. The van der Waals surface area contributed by atoms with E-state index >= 15 is 0 Å². The Hall–Kier alpha value is -2.09.